The molecule has 3 heterocycles. The number of ether oxygens (including phenoxy) is 1. The Morgan fingerprint density at radius 1 is 1.06 bits per heavy atom. The van der Waals surface area contributed by atoms with Crippen LogP contribution in [0.2, 0.25) is 0 Å². The molecule has 1 amide bonds. The van der Waals surface area contributed by atoms with E-state index in [1.165, 1.54) is 34.1 Å². The number of hydrogen-bond donors (Lipinski definition) is 1. The molecule has 1 fully saturated rings. The van der Waals surface area contributed by atoms with Crippen molar-refractivity contribution in [1.82, 2.24) is 14.5 Å². The number of carbonyl (C=O) groups is 1. The summed E-state index contributed by atoms with van der Waals surface area (Å²) in [5, 5.41) is 10.3. The molecule has 5 rings (SSSR count). The van der Waals surface area contributed by atoms with Crippen molar-refractivity contribution in [3.05, 3.63) is 71.1 Å². The first kappa shape index (κ1) is 20.8. The summed E-state index contributed by atoms with van der Waals surface area (Å²) < 4.78 is 38.6. The summed E-state index contributed by atoms with van der Waals surface area (Å²) in [6.07, 6.45) is 2.16. The van der Waals surface area contributed by atoms with Gasteiger partial charge < -0.3 is 9.15 Å². The van der Waals surface area contributed by atoms with Crippen LogP contribution in [0.4, 0.5) is 6.01 Å². The fraction of sp³-hybridized carbons (Fsp3) is 0.318. The van der Waals surface area contributed by atoms with Gasteiger partial charge in [0, 0.05) is 25.3 Å². The molecule has 2 aromatic carbocycles. The second-order valence-electron chi connectivity index (χ2n) is 7.78. The average Bonchev–Trinajstić information content (AvgIpc) is 3.51. The van der Waals surface area contributed by atoms with E-state index in [4.69, 9.17) is 9.15 Å². The van der Waals surface area contributed by atoms with E-state index >= 15 is 0 Å². The number of nitrogens with zero attached hydrogens (tertiary/aromatic N) is 3. The van der Waals surface area contributed by atoms with Crippen LogP contribution in [-0.2, 0) is 27.7 Å². The van der Waals surface area contributed by atoms with Crippen molar-refractivity contribution in [2.45, 2.75) is 36.8 Å². The van der Waals surface area contributed by atoms with Crippen molar-refractivity contribution < 1.29 is 22.4 Å². The lowest BCUT2D eigenvalue weighted by Gasteiger charge is -2.28. The third kappa shape index (κ3) is 4.04. The van der Waals surface area contributed by atoms with Crippen molar-refractivity contribution in [1.29, 1.82) is 0 Å². The molecule has 1 unspecified atom stereocenters. The van der Waals surface area contributed by atoms with E-state index in [-0.39, 0.29) is 22.6 Å². The Labute approximate surface area is 185 Å². The number of sulfonamides is 1. The minimum Gasteiger partial charge on any atom is -0.405 e. The van der Waals surface area contributed by atoms with Crippen molar-refractivity contribution in [2.75, 3.05) is 18.5 Å². The molecule has 10 heteroatoms. The van der Waals surface area contributed by atoms with Crippen molar-refractivity contribution >= 4 is 21.9 Å². The van der Waals surface area contributed by atoms with E-state index in [2.05, 4.69) is 15.5 Å². The van der Waals surface area contributed by atoms with Crippen molar-refractivity contribution in [2.24, 2.45) is 0 Å². The van der Waals surface area contributed by atoms with Crippen LogP contribution < -0.4 is 5.32 Å². The maximum Gasteiger partial charge on any atom is 0.322 e. The zero-order chi connectivity index (χ0) is 22.1. The van der Waals surface area contributed by atoms with Crippen LogP contribution in [0.15, 0.2) is 57.8 Å². The molecule has 0 aliphatic carbocycles. The standard InChI is InChI=1S/C22H22N4O5S/c27-20(23-22-25-24-21(31-22)19-6-3-13-30-19)16-7-9-18(10-8-16)32(28,29)26-12-11-15-4-1-2-5-17(15)14-26/h1-2,4-5,7-10,19H,3,6,11-14H2,(H,23,25,27). The summed E-state index contributed by atoms with van der Waals surface area (Å²) in [5.41, 5.74) is 2.47. The highest BCUT2D eigenvalue weighted by atomic mass is 32.2. The van der Waals surface area contributed by atoms with E-state index in [0.29, 0.717) is 32.0 Å². The molecule has 1 saturated heterocycles. The van der Waals surface area contributed by atoms with Crippen LogP contribution in [-0.4, -0.2) is 42.0 Å². The number of aromatic nitrogens is 2. The van der Waals surface area contributed by atoms with Crippen LogP contribution >= 0.6 is 0 Å². The molecule has 166 valence electrons. The summed E-state index contributed by atoms with van der Waals surface area (Å²) >= 11 is 0. The van der Waals surface area contributed by atoms with E-state index < -0.39 is 15.9 Å². The second kappa shape index (κ2) is 8.45. The first-order chi connectivity index (χ1) is 15.5. The summed E-state index contributed by atoms with van der Waals surface area (Å²) in [5.74, 6) is -0.134. The van der Waals surface area contributed by atoms with E-state index in [1.807, 2.05) is 24.3 Å². The fourth-order valence-electron chi connectivity index (χ4n) is 3.96. The quantitative estimate of drug-likeness (QED) is 0.630. The Balaban J connectivity index is 1.27. The molecule has 1 atom stereocenters. The maximum absolute atomic E-state index is 13.1. The van der Waals surface area contributed by atoms with Gasteiger partial charge in [-0.25, -0.2) is 8.42 Å². The topological polar surface area (TPSA) is 115 Å². The van der Waals surface area contributed by atoms with Gasteiger partial charge in [0.05, 0.1) is 4.90 Å². The molecule has 1 N–H and O–H groups in total. The maximum atomic E-state index is 13.1. The Morgan fingerprint density at radius 3 is 2.59 bits per heavy atom. The van der Waals surface area contributed by atoms with Crippen LogP contribution in [0, 0.1) is 0 Å². The van der Waals surface area contributed by atoms with Gasteiger partial charge in [-0.3, -0.25) is 10.1 Å². The van der Waals surface area contributed by atoms with Gasteiger partial charge in [-0.05, 0) is 54.7 Å². The van der Waals surface area contributed by atoms with Gasteiger partial charge in [0.2, 0.25) is 15.9 Å². The molecule has 0 bridgehead atoms. The van der Waals surface area contributed by atoms with Crippen LogP contribution in [0.3, 0.4) is 0 Å². The summed E-state index contributed by atoms with van der Waals surface area (Å²) in [7, 11) is -3.67. The fourth-order valence-corrected chi connectivity index (χ4v) is 5.38. The first-order valence-electron chi connectivity index (χ1n) is 10.4. The number of carbonyl (C=O) groups excluding carboxylic acids is 1. The minimum atomic E-state index is -3.67. The third-order valence-electron chi connectivity index (χ3n) is 5.72. The third-order valence-corrected chi connectivity index (χ3v) is 7.58. The smallest absolute Gasteiger partial charge is 0.322 e. The largest absolute Gasteiger partial charge is 0.405 e. The number of anilines is 1. The Hall–Kier alpha value is -3.08. The molecule has 0 spiro atoms. The molecule has 0 radical (unpaired) electrons. The number of nitrogens with one attached hydrogen (secondary N) is 1. The number of fused-ring (bicyclic) bond motifs is 1. The zero-order valence-electron chi connectivity index (χ0n) is 17.2. The number of benzene rings is 2. The predicted molar refractivity (Wildman–Crippen MR) is 114 cm³/mol. The van der Waals surface area contributed by atoms with Gasteiger partial charge in [0.1, 0.15) is 6.10 Å². The summed E-state index contributed by atoms with van der Waals surface area (Å²) in [4.78, 5) is 12.7. The molecular formula is C22H22N4O5S. The van der Waals surface area contributed by atoms with E-state index in [9.17, 15) is 13.2 Å². The number of amides is 1. The molecular weight excluding hydrogens is 432 g/mol. The van der Waals surface area contributed by atoms with Gasteiger partial charge in [-0.15, -0.1) is 5.10 Å². The van der Waals surface area contributed by atoms with Crippen molar-refractivity contribution in [3.63, 3.8) is 0 Å². The lowest BCUT2D eigenvalue weighted by molar-refractivity contribution is 0.0893. The van der Waals surface area contributed by atoms with Gasteiger partial charge in [0.25, 0.3) is 5.91 Å². The highest BCUT2D eigenvalue weighted by Crippen LogP contribution is 2.28. The number of rotatable bonds is 5. The van der Waals surface area contributed by atoms with Crippen LogP contribution in [0.25, 0.3) is 0 Å². The second-order valence-corrected chi connectivity index (χ2v) is 9.72. The molecule has 2 aliphatic rings. The van der Waals surface area contributed by atoms with E-state index in [0.717, 1.165) is 18.4 Å². The van der Waals surface area contributed by atoms with Gasteiger partial charge in [-0.1, -0.05) is 29.4 Å². The highest BCUT2D eigenvalue weighted by Gasteiger charge is 2.28. The molecule has 32 heavy (non-hydrogen) atoms. The van der Waals surface area contributed by atoms with Gasteiger partial charge >= 0.3 is 6.01 Å². The Morgan fingerprint density at radius 2 is 1.84 bits per heavy atom. The monoisotopic (exact) mass is 454 g/mol. The molecule has 1 aromatic heterocycles. The van der Waals surface area contributed by atoms with Crippen LogP contribution in [0.5, 0.6) is 0 Å². The summed E-state index contributed by atoms with van der Waals surface area (Å²) in [6.45, 7) is 1.41. The lowest BCUT2D eigenvalue weighted by Crippen LogP contribution is -2.35. The summed E-state index contributed by atoms with van der Waals surface area (Å²) in [6, 6.07) is 13.7. The SMILES string of the molecule is O=C(Nc1nnc(C2CCCO2)o1)c1ccc(S(=O)(=O)N2CCc3ccccc3C2)cc1. The van der Waals surface area contributed by atoms with Crippen LogP contribution in [0.1, 0.15) is 46.3 Å². The molecule has 9 nitrogen and oxygen atoms in total. The Kier molecular flexibility index (Phi) is 5.50. The normalized spacial score (nSPS) is 18.9. The van der Waals surface area contributed by atoms with Gasteiger partial charge in [0.15, 0.2) is 0 Å². The first-order valence-corrected chi connectivity index (χ1v) is 11.9. The molecule has 2 aliphatic heterocycles. The Bertz CT molecular complexity index is 1230. The number of hydrogen-bond acceptors (Lipinski definition) is 7. The lowest BCUT2D eigenvalue weighted by atomic mass is 10.0. The minimum absolute atomic E-state index is 0.0239. The van der Waals surface area contributed by atoms with Gasteiger partial charge in [-0.2, -0.15) is 4.31 Å². The predicted octanol–water partition coefficient (Wildman–Crippen LogP) is 2.92. The van der Waals surface area contributed by atoms with E-state index in [1.54, 1.807) is 0 Å². The highest BCUT2D eigenvalue weighted by molar-refractivity contribution is 7.89. The van der Waals surface area contributed by atoms with Crippen molar-refractivity contribution in [3.8, 4) is 0 Å². The zero-order valence-corrected chi connectivity index (χ0v) is 18.0. The average molecular weight is 455 g/mol. The molecule has 3 aromatic rings. The molecule has 0 saturated carbocycles.